The molecule has 7 heteroatoms. The van der Waals surface area contributed by atoms with E-state index in [0.717, 1.165) is 5.56 Å². The Kier molecular flexibility index (Phi) is 2.44. The highest BCUT2D eigenvalue weighted by Crippen LogP contribution is 2.03. The van der Waals surface area contributed by atoms with Crippen LogP contribution in [0.25, 0.3) is 0 Å². The predicted octanol–water partition coefficient (Wildman–Crippen LogP) is 0.276. The van der Waals surface area contributed by atoms with Crippen molar-refractivity contribution >= 4 is 5.97 Å². The van der Waals surface area contributed by atoms with Crippen LogP contribution in [-0.4, -0.2) is 31.4 Å². The van der Waals surface area contributed by atoms with Gasteiger partial charge in [-0.15, -0.1) is 0 Å². The molecule has 2 aromatic rings. The van der Waals surface area contributed by atoms with E-state index in [1.165, 1.54) is 0 Å². The molecular formula is C8H8N4O3. The smallest absolute Gasteiger partial charge is 0.377 e. The summed E-state index contributed by atoms with van der Waals surface area (Å²) < 4.78 is 4.75. The first-order valence-electron chi connectivity index (χ1n) is 4.29. The predicted molar refractivity (Wildman–Crippen MR) is 47.3 cm³/mol. The Labute approximate surface area is 84.1 Å². The third kappa shape index (κ3) is 2.19. The quantitative estimate of drug-likeness (QED) is 0.747. The van der Waals surface area contributed by atoms with Gasteiger partial charge in [-0.1, -0.05) is 0 Å². The molecule has 0 spiro atoms. The summed E-state index contributed by atoms with van der Waals surface area (Å²) in [7, 11) is 0. The van der Waals surface area contributed by atoms with Crippen molar-refractivity contribution in [2.24, 2.45) is 0 Å². The molecule has 0 bridgehead atoms. The molecule has 0 unspecified atom stereocenters. The number of nitrogens with zero attached hydrogens (tertiary/aromatic N) is 3. The van der Waals surface area contributed by atoms with Gasteiger partial charge in [-0.05, 0) is 17.1 Å². The lowest BCUT2D eigenvalue weighted by Crippen LogP contribution is -1.99. The highest BCUT2D eigenvalue weighted by atomic mass is 16.5. The van der Waals surface area contributed by atoms with Crippen LogP contribution >= 0.6 is 0 Å². The first-order chi connectivity index (χ1) is 7.25. The Morgan fingerprint density at radius 1 is 1.53 bits per heavy atom. The summed E-state index contributed by atoms with van der Waals surface area (Å²) in [6.07, 6.45) is 4.63. The van der Waals surface area contributed by atoms with Crippen molar-refractivity contribution in [1.29, 1.82) is 0 Å². The summed E-state index contributed by atoms with van der Waals surface area (Å²) in [5.74, 6) is -1.18. The van der Waals surface area contributed by atoms with Crippen LogP contribution in [0.2, 0.25) is 0 Å². The second-order valence-corrected chi connectivity index (χ2v) is 2.92. The molecule has 0 fully saturated rings. The number of H-pyrrole nitrogens is 1. The van der Waals surface area contributed by atoms with E-state index in [9.17, 15) is 4.79 Å². The third-order valence-corrected chi connectivity index (χ3v) is 1.84. The highest BCUT2D eigenvalue weighted by Gasteiger charge is 2.12. The molecule has 78 valence electrons. The van der Waals surface area contributed by atoms with Crippen LogP contribution in [0.4, 0.5) is 0 Å². The zero-order valence-electron chi connectivity index (χ0n) is 7.67. The molecule has 0 aliphatic rings. The minimum atomic E-state index is -1.19. The van der Waals surface area contributed by atoms with Crippen LogP contribution < -0.4 is 0 Å². The Balaban J connectivity index is 1.96. The highest BCUT2D eigenvalue weighted by molar-refractivity contribution is 5.82. The lowest BCUT2D eigenvalue weighted by Gasteiger charge is -1.89. The zero-order chi connectivity index (χ0) is 10.7. The number of carboxylic acid groups (broad SMARTS) is 1. The molecule has 0 amide bonds. The van der Waals surface area contributed by atoms with Crippen LogP contribution in [-0.2, 0) is 12.8 Å². The first kappa shape index (κ1) is 9.38. The van der Waals surface area contributed by atoms with Gasteiger partial charge in [0.2, 0.25) is 5.89 Å². The summed E-state index contributed by atoms with van der Waals surface area (Å²) in [6.45, 7) is 0. The molecule has 15 heavy (non-hydrogen) atoms. The van der Waals surface area contributed by atoms with Crippen LogP contribution in [0, 0.1) is 0 Å². The maximum atomic E-state index is 10.4. The topological polar surface area (TPSA) is 105 Å². The second-order valence-electron chi connectivity index (χ2n) is 2.92. The average molecular weight is 208 g/mol. The molecule has 2 rings (SSSR count). The Bertz CT molecular complexity index is 448. The standard InChI is InChI=1S/C8H8N4O3/c13-8(14)7-11-6(15-12-7)2-1-5-3-9-10-4-5/h3-4H,1-2H2,(H,9,10)(H,13,14). The van der Waals surface area contributed by atoms with E-state index in [4.69, 9.17) is 9.63 Å². The number of aromatic carboxylic acids is 1. The van der Waals surface area contributed by atoms with Crippen LogP contribution in [0.3, 0.4) is 0 Å². The zero-order valence-corrected chi connectivity index (χ0v) is 7.67. The van der Waals surface area contributed by atoms with Gasteiger partial charge in [0.25, 0.3) is 5.82 Å². The van der Waals surface area contributed by atoms with Gasteiger partial charge in [-0.3, -0.25) is 5.10 Å². The van der Waals surface area contributed by atoms with Crippen LogP contribution in [0.5, 0.6) is 0 Å². The van der Waals surface area contributed by atoms with E-state index >= 15 is 0 Å². The molecule has 0 atom stereocenters. The van der Waals surface area contributed by atoms with Gasteiger partial charge >= 0.3 is 5.97 Å². The monoisotopic (exact) mass is 208 g/mol. The fourth-order valence-corrected chi connectivity index (χ4v) is 1.11. The maximum Gasteiger partial charge on any atom is 0.377 e. The van der Waals surface area contributed by atoms with Crippen molar-refractivity contribution in [3.8, 4) is 0 Å². The summed E-state index contributed by atoms with van der Waals surface area (Å²) in [6, 6.07) is 0. The Morgan fingerprint density at radius 3 is 3.00 bits per heavy atom. The average Bonchev–Trinajstić information content (AvgIpc) is 2.86. The van der Waals surface area contributed by atoms with E-state index in [1.807, 2.05) is 0 Å². The van der Waals surface area contributed by atoms with Crippen molar-refractivity contribution in [2.75, 3.05) is 0 Å². The number of aromatic amines is 1. The first-order valence-corrected chi connectivity index (χ1v) is 4.29. The van der Waals surface area contributed by atoms with Crippen molar-refractivity contribution in [2.45, 2.75) is 12.8 Å². The van der Waals surface area contributed by atoms with Gasteiger partial charge in [0.05, 0.1) is 6.20 Å². The van der Waals surface area contributed by atoms with Crippen LogP contribution in [0.1, 0.15) is 22.1 Å². The normalized spacial score (nSPS) is 10.4. The number of rotatable bonds is 4. The fraction of sp³-hybridized carbons (Fsp3) is 0.250. The van der Waals surface area contributed by atoms with Crippen molar-refractivity contribution in [1.82, 2.24) is 20.3 Å². The summed E-state index contributed by atoms with van der Waals surface area (Å²) in [5, 5.41) is 18.3. The van der Waals surface area contributed by atoms with E-state index < -0.39 is 5.97 Å². The molecule has 0 radical (unpaired) electrons. The largest absolute Gasteiger partial charge is 0.475 e. The Morgan fingerprint density at radius 2 is 2.40 bits per heavy atom. The SMILES string of the molecule is O=C(O)c1noc(CCc2cn[nH]c2)n1. The summed E-state index contributed by atoms with van der Waals surface area (Å²) in [4.78, 5) is 14.1. The van der Waals surface area contributed by atoms with E-state index in [0.29, 0.717) is 18.7 Å². The molecule has 0 saturated heterocycles. The molecule has 0 aliphatic carbocycles. The maximum absolute atomic E-state index is 10.4. The van der Waals surface area contributed by atoms with E-state index in [-0.39, 0.29) is 5.82 Å². The number of nitrogens with one attached hydrogen (secondary N) is 1. The molecule has 0 saturated carbocycles. The van der Waals surface area contributed by atoms with Gasteiger partial charge in [0.1, 0.15) is 0 Å². The number of hydrogen-bond donors (Lipinski definition) is 2. The minimum Gasteiger partial charge on any atom is -0.475 e. The third-order valence-electron chi connectivity index (χ3n) is 1.84. The number of aryl methyl sites for hydroxylation is 2. The molecule has 0 aromatic carbocycles. The van der Waals surface area contributed by atoms with Crippen molar-refractivity contribution < 1.29 is 14.4 Å². The summed E-state index contributed by atoms with van der Waals surface area (Å²) >= 11 is 0. The second kappa shape index (κ2) is 3.91. The van der Waals surface area contributed by atoms with Gasteiger partial charge in [0, 0.05) is 12.6 Å². The molecular weight excluding hydrogens is 200 g/mol. The van der Waals surface area contributed by atoms with Gasteiger partial charge in [0.15, 0.2) is 0 Å². The van der Waals surface area contributed by atoms with E-state index in [2.05, 4.69) is 20.3 Å². The lowest BCUT2D eigenvalue weighted by atomic mass is 10.2. The van der Waals surface area contributed by atoms with E-state index in [1.54, 1.807) is 12.4 Å². The fourth-order valence-electron chi connectivity index (χ4n) is 1.11. The van der Waals surface area contributed by atoms with Gasteiger partial charge < -0.3 is 9.63 Å². The molecule has 2 heterocycles. The summed E-state index contributed by atoms with van der Waals surface area (Å²) in [5.41, 5.74) is 1.00. The number of hydrogen-bond acceptors (Lipinski definition) is 5. The van der Waals surface area contributed by atoms with Crippen LogP contribution in [0.15, 0.2) is 16.9 Å². The number of carbonyl (C=O) groups is 1. The lowest BCUT2D eigenvalue weighted by molar-refractivity contribution is 0.0680. The number of aromatic nitrogens is 4. The van der Waals surface area contributed by atoms with Gasteiger partial charge in [-0.2, -0.15) is 10.1 Å². The minimum absolute atomic E-state index is 0.308. The molecule has 7 nitrogen and oxygen atoms in total. The van der Waals surface area contributed by atoms with Crippen molar-refractivity contribution in [3.63, 3.8) is 0 Å². The Hall–Kier alpha value is -2.18. The van der Waals surface area contributed by atoms with Gasteiger partial charge in [-0.25, -0.2) is 4.79 Å². The number of carboxylic acids is 1. The molecule has 2 N–H and O–H groups in total. The van der Waals surface area contributed by atoms with Crippen molar-refractivity contribution in [3.05, 3.63) is 29.7 Å². The molecule has 0 aliphatic heterocycles. The molecule has 2 aromatic heterocycles.